The highest BCUT2D eigenvalue weighted by Crippen LogP contribution is 2.30. The van der Waals surface area contributed by atoms with E-state index in [1.165, 1.54) is 15.6 Å². The van der Waals surface area contributed by atoms with Gasteiger partial charge in [-0.25, -0.2) is 4.98 Å². The molecule has 0 fully saturated rings. The molecule has 2 aromatic rings. The Labute approximate surface area is 137 Å². The molecule has 1 unspecified atom stereocenters. The molecule has 2 nitrogen and oxygen atoms in total. The summed E-state index contributed by atoms with van der Waals surface area (Å²) < 4.78 is 1.16. The first-order valence-electron chi connectivity index (χ1n) is 6.82. The lowest BCUT2D eigenvalue weighted by molar-refractivity contribution is 0.545. The van der Waals surface area contributed by atoms with Crippen LogP contribution < -0.4 is 5.32 Å². The Kier molecular flexibility index (Phi) is 5.40. The molecule has 1 atom stereocenters. The maximum absolute atomic E-state index is 4.81. The highest BCUT2D eigenvalue weighted by atomic mass is 79.9. The summed E-state index contributed by atoms with van der Waals surface area (Å²) in [5, 5.41) is 9.12. The molecule has 0 aliphatic rings. The van der Waals surface area contributed by atoms with Crippen LogP contribution in [0.1, 0.15) is 49.3 Å². The van der Waals surface area contributed by atoms with Crippen molar-refractivity contribution < 1.29 is 0 Å². The van der Waals surface area contributed by atoms with Gasteiger partial charge >= 0.3 is 0 Å². The summed E-state index contributed by atoms with van der Waals surface area (Å²) >= 11 is 7.11. The lowest BCUT2D eigenvalue weighted by Gasteiger charge is -2.16. The molecular formula is C15H21BrN2S2. The summed E-state index contributed by atoms with van der Waals surface area (Å²) in [4.78, 5) is 6.17. The number of thiazole rings is 1. The second-order valence-electron chi connectivity index (χ2n) is 5.86. The van der Waals surface area contributed by atoms with E-state index in [9.17, 15) is 0 Å². The van der Waals surface area contributed by atoms with Crippen molar-refractivity contribution in [3.05, 3.63) is 36.9 Å². The smallest absolute Gasteiger partial charge is 0.0947 e. The largest absolute Gasteiger partial charge is 0.309 e. The molecule has 0 amide bonds. The molecule has 110 valence electrons. The Morgan fingerprint density at radius 3 is 2.55 bits per heavy atom. The van der Waals surface area contributed by atoms with Gasteiger partial charge in [0, 0.05) is 38.0 Å². The van der Waals surface area contributed by atoms with E-state index in [4.69, 9.17) is 4.98 Å². The van der Waals surface area contributed by atoms with E-state index >= 15 is 0 Å². The highest BCUT2D eigenvalue weighted by Gasteiger charge is 2.20. The molecule has 1 N–H and O–H groups in total. The van der Waals surface area contributed by atoms with Crippen LogP contribution in [0.2, 0.25) is 0 Å². The zero-order valence-electron chi connectivity index (χ0n) is 12.4. The third-order valence-corrected chi connectivity index (χ3v) is 5.76. The molecule has 0 radical (unpaired) electrons. The Balaban J connectivity index is 2.14. The Bertz CT molecular complexity index is 554. The number of hydrogen-bond acceptors (Lipinski definition) is 4. The second-order valence-corrected chi connectivity index (χ2v) is 8.66. The first-order valence-corrected chi connectivity index (χ1v) is 9.37. The quantitative estimate of drug-likeness (QED) is 0.783. The van der Waals surface area contributed by atoms with Crippen molar-refractivity contribution in [2.45, 2.75) is 45.6 Å². The predicted octanol–water partition coefficient (Wildman–Crippen LogP) is 5.16. The minimum Gasteiger partial charge on any atom is -0.309 e. The van der Waals surface area contributed by atoms with Gasteiger partial charge < -0.3 is 5.32 Å². The number of halogens is 1. The molecule has 5 heteroatoms. The van der Waals surface area contributed by atoms with Gasteiger partial charge in [0.1, 0.15) is 0 Å². The van der Waals surface area contributed by atoms with Gasteiger partial charge in [0.15, 0.2) is 0 Å². The number of aromatic nitrogens is 1. The summed E-state index contributed by atoms with van der Waals surface area (Å²) in [6, 6.07) is 2.56. The van der Waals surface area contributed by atoms with Crippen molar-refractivity contribution in [3.63, 3.8) is 0 Å². The van der Waals surface area contributed by atoms with E-state index in [1.54, 1.807) is 22.7 Å². The normalized spacial score (nSPS) is 13.7. The SMILES string of the molecule is CCNC(Cc1nc(C(C)(C)C)cs1)c1cc(Br)cs1. The molecule has 0 bridgehead atoms. The van der Waals surface area contributed by atoms with Crippen LogP contribution in [0.4, 0.5) is 0 Å². The van der Waals surface area contributed by atoms with Crippen LogP contribution in [-0.2, 0) is 11.8 Å². The topological polar surface area (TPSA) is 24.9 Å². The number of thiophene rings is 1. The fourth-order valence-electron chi connectivity index (χ4n) is 1.95. The van der Waals surface area contributed by atoms with Crippen LogP contribution in [0.5, 0.6) is 0 Å². The molecular weight excluding hydrogens is 352 g/mol. The summed E-state index contributed by atoms with van der Waals surface area (Å²) in [6.07, 6.45) is 0.960. The van der Waals surface area contributed by atoms with Gasteiger partial charge in [-0.2, -0.15) is 0 Å². The molecule has 2 heterocycles. The number of likely N-dealkylation sites (N-methyl/N-ethyl adjacent to an activating group) is 1. The first-order chi connectivity index (χ1) is 9.40. The monoisotopic (exact) mass is 372 g/mol. The molecule has 0 saturated heterocycles. The second kappa shape index (κ2) is 6.69. The van der Waals surface area contributed by atoms with E-state index in [-0.39, 0.29) is 5.41 Å². The van der Waals surface area contributed by atoms with Crippen LogP contribution >= 0.6 is 38.6 Å². The van der Waals surface area contributed by atoms with Crippen molar-refractivity contribution in [1.29, 1.82) is 0 Å². The highest BCUT2D eigenvalue weighted by molar-refractivity contribution is 9.10. The van der Waals surface area contributed by atoms with Gasteiger partial charge in [-0.1, -0.05) is 27.7 Å². The van der Waals surface area contributed by atoms with Crippen molar-refractivity contribution >= 4 is 38.6 Å². The third kappa shape index (κ3) is 4.13. The Morgan fingerprint density at radius 2 is 2.05 bits per heavy atom. The van der Waals surface area contributed by atoms with Gasteiger partial charge in [0.05, 0.1) is 10.7 Å². The average Bonchev–Trinajstić information content (AvgIpc) is 2.96. The van der Waals surface area contributed by atoms with Crippen LogP contribution in [0.3, 0.4) is 0 Å². The molecule has 20 heavy (non-hydrogen) atoms. The minimum atomic E-state index is 0.133. The summed E-state index contributed by atoms with van der Waals surface area (Å²) in [5.74, 6) is 0. The first kappa shape index (κ1) is 16.1. The van der Waals surface area contributed by atoms with Crippen molar-refractivity contribution in [2.75, 3.05) is 6.54 Å². The molecule has 0 saturated carbocycles. The van der Waals surface area contributed by atoms with Crippen molar-refractivity contribution in [3.8, 4) is 0 Å². The molecule has 0 aliphatic carbocycles. The molecule has 2 rings (SSSR count). The molecule has 0 aromatic carbocycles. The van der Waals surface area contributed by atoms with E-state index in [1.807, 2.05) is 0 Å². The van der Waals surface area contributed by atoms with Gasteiger partial charge in [0.2, 0.25) is 0 Å². The van der Waals surface area contributed by atoms with Crippen LogP contribution in [0.25, 0.3) is 0 Å². The zero-order valence-corrected chi connectivity index (χ0v) is 15.6. The van der Waals surface area contributed by atoms with Gasteiger partial charge in [0.25, 0.3) is 0 Å². The maximum atomic E-state index is 4.81. The fraction of sp³-hybridized carbons (Fsp3) is 0.533. The Morgan fingerprint density at radius 1 is 1.30 bits per heavy atom. The lowest BCUT2D eigenvalue weighted by Crippen LogP contribution is -2.22. The number of nitrogens with one attached hydrogen (secondary N) is 1. The summed E-state index contributed by atoms with van der Waals surface area (Å²) in [7, 11) is 0. The third-order valence-electron chi connectivity index (χ3n) is 3.08. The van der Waals surface area contributed by atoms with Gasteiger partial charge in [-0.05, 0) is 28.5 Å². The van der Waals surface area contributed by atoms with Crippen LogP contribution in [0.15, 0.2) is 21.3 Å². The minimum absolute atomic E-state index is 0.133. The lowest BCUT2D eigenvalue weighted by atomic mass is 9.93. The van der Waals surface area contributed by atoms with Gasteiger partial charge in [-0.3, -0.25) is 0 Å². The molecule has 2 aromatic heterocycles. The molecule has 0 aliphatic heterocycles. The predicted molar refractivity (Wildman–Crippen MR) is 93.0 cm³/mol. The maximum Gasteiger partial charge on any atom is 0.0947 e. The van der Waals surface area contributed by atoms with Crippen molar-refractivity contribution in [1.82, 2.24) is 10.3 Å². The Hall–Kier alpha value is -0.230. The zero-order chi connectivity index (χ0) is 14.8. The number of rotatable bonds is 5. The van der Waals surface area contributed by atoms with E-state index in [0.29, 0.717) is 6.04 Å². The van der Waals surface area contributed by atoms with Gasteiger partial charge in [-0.15, -0.1) is 22.7 Å². The summed E-state index contributed by atoms with van der Waals surface area (Å²) in [6.45, 7) is 9.76. The van der Waals surface area contributed by atoms with Crippen LogP contribution in [0, 0.1) is 0 Å². The van der Waals surface area contributed by atoms with E-state index < -0.39 is 0 Å². The van der Waals surface area contributed by atoms with E-state index in [0.717, 1.165) is 17.4 Å². The number of nitrogens with zero attached hydrogens (tertiary/aromatic N) is 1. The average molecular weight is 373 g/mol. The summed E-state index contributed by atoms with van der Waals surface area (Å²) in [5.41, 5.74) is 1.33. The standard InChI is InChI=1S/C15H21BrN2S2/c1-5-17-11(12-6-10(16)8-19-12)7-14-18-13(9-20-14)15(2,3)4/h6,8-9,11,17H,5,7H2,1-4H3. The number of hydrogen-bond donors (Lipinski definition) is 1. The van der Waals surface area contributed by atoms with Crippen molar-refractivity contribution in [2.24, 2.45) is 0 Å². The molecule has 0 spiro atoms. The van der Waals surface area contributed by atoms with E-state index in [2.05, 4.69) is 65.8 Å². The fourth-order valence-corrected chi connectivity index (χ4v) is 4.54. The van der Waals surface area contributed by atoms with Crippen LogP contribution in [-0.4, -0.2) is 11.5 Å².